The molecule has 3 rings (SSSR count). The zero-order valence-electron chi connectivity index (χ0n) is 12.8. The summed E-state index contributed by atoms with van der Waals surface area (Å²) in [5.41, 5.74) is 1.54. The number of ether oxygens (including phenoxy) is 1. The van der Waals surface area contributed by atoms with Gasteiger partial charge in [0, 0.05) is 19.9 Å². The molecule has 1 aliphatic heterocycles. The SMILES string of the molecule is CCCNC(c1cncn1C)C1CCOC2(CCC2)C1. The highest BCUT2D eigenvalue weighted by Gasteiger charge is 2.44. The fraction of sp³-hybridized carbons (Fsp3) is 0.812. The molecule has 1 saturated heterocycles. The molecule has 1 N–H and O–H groups in total. The molecule has 2 heterocycles. The Morgan fingerprint density at radius 1 is 1.55 bits per heavy atom. The summed E-state index contributed by atoms with van der Waals surface area (Å²) in [6, 6.07) is 0.420. The molecule has 1 aliphatic carbocycles. The lowest BCUT2D eigenvalue weighted by molar-refractivity contribution is -0.147. The topological polar surface area (TPSA) is 39.1 Å². The van der Waals surface area contributed by atoms with Crippen molar-refractivity contribution in [2.45, 2.75) is 57.1 Å². The second-order valence-electron chi connectivity index (χ2n) is 6.50. The van der Waals surface area contributed by atoms with E-state index in [0.29, 0.717) is 12.0 Å². The lowest BCUT2D eigenvalue weighted by atomic mass is 9.70. The maximum Gasteiger partial charge on any atom is 0.0946 e. The first-order valence-corrected chi connectivity index (χ1v) is 8.08. The fourth-order valence-electron chi connectivity index (χ4n) is 3.75. The van der Waals surface area contributed by atoms with Gasteiger partial charge < -0.3 is 14.6 Å². The van der Waals surface area contributed by atoms with Crippen LogP contribution in [0.5, 0.6) is 0 Å². The van der Waals surface area contributed by atoms with Crippen LogP contribution < -0.4 is 5.32 Å². The van der Waals surface area contributed by atoms with Gasteiger partial charge in [-0.05, 0) is 51.0 Å². The first-order chi connectivity index (χ1) is 9.74. The van der Waals surface area contributed by atoms with Gasteiger partial charge in [0.25, 0.3) is 0 Å². The Bertz CT molecular complexity index is 439. The number of nitrogens with one attached hydrogen (secondary N) is 1. The van der Waals surface area contributed by atoms with E-state index < -0.39 is 0 Å². The predicted octanol–water partition coefficient (Wildman–Crippen LogP) is 2.81. The Hall–Kier alpha value is -0.870. The molecule has 2 fully saturated rings. The largest absolute Gasteiger partial charge is 0.375 e. The summed E-state index contributed by atoms with van der Waals surface area (Å²) in [5, 5.41) is 3.75. The molecular formula is C16H27N3O. The van der Waals surface area contributed by atoms with E-state index in [2.05, 4.69) is 28.8 Å². The molecule has 2 unspecified atom stereocenters. The summed E-state index contributed by atoms with van der Waals surface area (Å²) in [6.07, 6.45) is 11.3. The number of hydrogen-bond acceptors (Lipinski definition) is 3. The highest BCUT2D eigenvalue weighted by atomic mass is 16.5. The predicted molar refractivity (Wildman–Crippen MR) is 79.5 cm³/mol. The quantitative estimate of drug-likeness (QED) is 0.899. The Balaban J connectivity index is 1.76. The van der Waals surface area contributed by atoms with Gasteiger partial charge in [-0.1, -0.05) is 6.92 Å². The standard InChI is InChI=1S/C16H27N3O/c1-3-8-18-15(14-11-17-12-19(14)2)13-5-9-20-16(10-13)6-4-7-16/h11-13,15,18H,3-10H2,1-2H3. The van der Waals surface area contributed by atoms with Crippen molar-refractivity contribution < 1.29 is 4.74 Å². The Morgan fingerprint density at radius 2 is 2.40 bits per heavy atom. The van der Waals surface area contributed by atoms with Crippen LogP contribution in [0.1, 0.15) is 57.2 Å². The van der Waals surface area contributed by atoms with Crippen molar-refractivity contribution in [3.8, 4) is 0 Å². The second kappa shape index (κ2) is 5.86. The highest BCUT2D eigenvalue weighted by Crippen LogP contribution is 2.47. The van der Waals surface area contributed by atoms with Crippen molar-refractivity contribution in [3.63, 3.8) is 0 Å². The third-order valence-corrected chi connectivity index (χ3v) is 5.05. The summed E-state index contributed by atoms with van der Waals surface area (Å²) in [5.74, 6) is 0.672. The van der Waals surface area contributed by atoms with Gasteiger partial charge in [-0.15, -0.1) is 0 Å². The summed E-state index contributed by atoms with van der Waals surface area (Å²) in [6.45, 7) is 4.22. The minimum absolute atomic E-state index is 0.216. The second-order valence-corrected chi connectivity index (χ2v) is 6.50. The molecule has 0 bridgehead atoms. The summed E-state index contributed by atoms with van der Waals surface area (Å²) in [4.78, 5) is 4.31. The number of aryl methyl sites for hydroxylation is 1. The van der Waals surface area contributed by atoms with Crippen LogP contribution in [0, 0.1) is 5.92 Å². The number of hydrogen-bond donors (Lipinski definition) is 1. The molecule has 20 heavy (non-hydrogen) atoms. The normalized spacial score (nSPS) is 26.4. The van der Waals surface area contributed by atoms with E-state index in [1.54, 1.807) is 0 Å². The molecule has 0 amide bonds. The monoisotopic (exact) mass is 277 g/mol. The third kappa shape index (κ3) is 2.63. The Labute approximate surface area is 121 Å². The smallest absolute Gasteiger partial charge is 0.0946 e. The van der Waals surface area contributed by atoms with Gasteiger partial charge in [0.1, 0.15) is 0 Å². The molecule has 112 valence electrons. The maximum absolute atomic E-state index is 6.08. The van der Waals surface area contributed by atoms with Gasteiger partial charge in [0.2, 0.25) is 0 Å². The molecule has 0 radical (unpaired) electrons. The molecule has 2 atom stereocenters. The van der Waals surface area contributed by atoms with E-state index in [0.717, 1.165) is 19.6 Å². The molecule has 0 aromatic carbocycles. The first-order valence-electron chi connectivity index (χ1n) is 8.08. The molecule has 1 aromatic heterocycles. The minimum Gasteiger partial charge on any atom is -0.375 e. The van der Waals surface area contributed by atoms with E-state index in [4.69, 9.17) is 4.74 Å². The van der Waals surface area contributed by atoms with Crippen molar-refractivity contribution >= 4 is 0 Å². The molecule has 4 heteroatoms. The highest BCUT2D eigenvalue weighted by molar-refractivity contribution is 5.09. The molecule has 4 nitrogen and oxygen atoms in total. The van der Waals surface area contributed by atoms with Gasteiger partial charge in [-0.2, -0.15) is 0 Å². The Kier molecular flexibility index (Phi) is 4.13. The zero-order chi connectivity index (χ0) is 14.0. The number of nitrogens with zero attached hydrogens (tertiary/aromatic N) is 2. The van der Waals surface area contributed by atoms with Gasteiger partial charge in [0.05, 0.1) is 23.7 Å². The van der Waals surface area contributed by atoms with Crippen LogP contribution in [0.25, 0.3) is 0 Å². The molecule has 1 saturated carbocycles. The molecule has 1 spiro atoms. The molecule has 2 aliphatic rings. The lowest BCUT2D eigenvalue weighted by Crippen LogP contribution is -2.48. The van der Waals surface area contributed by atoms with Crippen molar-refractivity contribution in [1.29, 1.82) is 0 Å². The van der Waals surface area contributed by atoms with Crippen molar-refractivity contribution in [2.24, 2.45) is 13.0 Å². The van der Waals surface area contributed by atoms with Crippen molar-refractivity contribution in [3.05, 3.63) is 18.2 Å². The van der Waals surface area contributed by atoms with E-state index in [9.17, 15) is 0 Å². The number of aromatic nitrogens is 2. The van der Waals surface area contributed by atoms with Crippen LogP contribution in [0.3, 0.4) is 0 Å². The van der Waals surface area contributed by atoms with Gasteiger partial charge >= 0.3 is 0 Å². The van der Waals surface area contributed by atoms with Crippen LogP contribution >= 0.6 is 0 Å². The van der Waals surface area contributed by atoms with Crippen molar-refractivity contribution in [2.75, 3.05) is 13.2 Å². The third-order valence-electron chi connectivity index (χ3n) is 5.05. The van der Waals surface area contributed by atoms with E-state index >= 15 is 0 Å². The number of imidazole rings is 1. The van der Waals surface area contributed by atoms with E-state index in [-0.39, 0.29) is 5.60 Å². The molecule has 1 aromatic rings. The van der Waals surface area contributed by atoms with Crippen LogP contribution in [0.4, 0.5) is 0 Å². The first kappa shape index (κ1) is 14.1. The summed E-state index contributed by atoms with van der Waals surface area (Å²) >= 11 is 0. The lowest BCUT2D eigenvalue weighted by Gasteiger charge is -2.48. The van der Waals surface area contributed by atoms with Gasteiger partial charge in [-0.3, -0.25) is 0 Å². The van der Waals surface area contributed by atoms with Gasteiger partial charge in [0.15, 0.2) is 0 Å². The average molecular weight is 277 g/mol. The van der Waals surface area contributed by atoms with Gasteiger partial charge in [-0.25, -0.2) is 4.98 Å². The van der Waals surface area contributed by atoms with E-state index in [1.165, 1.54) is 37.8 Å². The average Bonchev–Trinajstić information content (AvgIpc) is 2.84. The molecular weight excluding hydrogens is 250 g/mol. The van der Waals surface area contributed by atoms with Crippen LogP contribution in [-0.2, 0) is 11.8 Å². The van der Waals surface area contributed by atoms with Crippen LogP contribution in [0.15, 0.2) is 12.5 Å². The fourth-order valence-corrected chi connectivity index (χ4v) is 3.75. The number of rotatable bonds is 5. The summed E-state index contributed by atoms with van der Waals surface area (Å²) in [7, 11) is 2.10. The Morgan fingerprint density at radius 3 is 3.00 bits per heavy atom. The van der Waals surface area contributed by atoms with Crippen molar-refractivity contribution in [1.82, 2.24) is 14.9 Å². The van der Waals surface area contributed by atoms with Crippen LogP contribution in [-0.4, -0.2) is 28.3 Å². The zero-order valence-corrected chi connectivity index (χ0v) is 12.8. The maximum atomic E-state index is 6.08. The minimum atomic E-state index is 0.216. The van der Waals surface area contributed by atoms with E-state index in [1.807, 2.05) is 12.5 Å². The summed E-state index contributed by atoms with van der Waals surface area (Å²) < 4.78 is 8.25. The van der Waals surface area contributed by atoms with Crippen LogP contribution in [0.2, 0.25) is 0 Å².